The average molecular weight is 313 g/mol. The number of thiazole rings is 1. The van der Waals surface area contributed by atoms with Gasteiger partial charge >= 0.3 is 12.1 Å². The SMILES string of the molecule is O=C(O)c1ccc2nc(-c3cnc(C(F)(F)F)s3)[nH]c2c1. The molecule has 21 heavy (non-hydrogen) atoms. The Kier molecular flexibility index (Phi) is 2.94. The molecule has 5 nitrogen and oxygen atoms in total. The van der Waals surface area contributed by atoms with Gasteiger partial charge in [-0.05, 0) is 18.2 Å². The standard InChI is InChI=1S/C12H6F3N3O2S/c13-12(14,15)11-16-4-8(21-11)9-17-6-2-1-5(10(19)20)3-7(6)18-9/h1-4H,(H,17,18)(H,19,20). The molecule has 2 N–H and O–H groups in total. The molecule has 0 bridgehead atoms. The second-order valence-corrected chi connectivity index (χ2v) is 5.18. The number of H-pyrrole nitrogens is 1. The van der Waals surface area contributed by atoms with E-state index in [1.54, 1.807) is 0 Å². The fourth-order valence-electron chi connectivity index (χ4n) is 1.77. The van der Waals surface area contributed by atoms with Crippen molar-refractivity contribution in [3.8, 4) is 10.7 Å². The van der Waals surface area contributed by atoms with Gasteiger partial charge in [0.1, 0.15) is 5.82 Å². The van der Waals surface area contributed by atoms with Crippen LogP contribution < -0.4 is 0 Å². The van der Waals surface area contributed by atoms with Crippen LogP contribution >= 0.6 is 11.3 Å². The van der Waals surface area contributed by atoms with E-state index in [2.05, 4.69) is 15.0 Å². The van der Waals surface area contributed by atoms with Crippen molar-refractivity contribution < 1.29 is 23.1 Å². The molecule has 0 aliphatic carbocycles. The molecule has 9 heteroatoms. The molecule has 108 valence electrons. The van der Waals surface area contributed by atoms with Crippen LogP contribution in [0.15, 0.2) is 24.4 Å². The largest absolute Gasteiger partial charge is 0.478 e. The lowest BCUT2D eigenvalue weighted by Crippen LogP contribution is -2.02. The van der Waals surface area contributed by atoms with Crippen molar-refractivity contribution >= 4 is 28.3 Å². The Morgan fingerprint density at radius 1 is 1.33 bits per heavy atom. The van der Waals surface area contributed by atoms with Gasteiger partial charge in [0.2, 0.25) is 0 Å². The number of hydrogen-bond acceptors (Lipinski definition) is 4. The quantitative estimate of drug-likeness (QED) is 0.760. The Labute approximate surface area is 119 Å². The van der Waals surface area contributed by atoms with Gasteiger partial charge in [-0.1, -0.05) is 0 Å². The van der Waals surface area contributed by atoms with Gasteiger partial charge in [-0.15, -0.1) is 11.3 Å². The highest BCUT2D eigenvalue weighted by Crippen LogP contribution is 2.35. The van der Waals surface area contributed by atoms with E-state index >= 15 is 0 Å². The molecular formula is C12H6F3N3O2S. The van der Waals surface area contributed by atoms with Crippen LogP contribution in [0.3, 0.4) is 0 Å². The van der Waals surface area contributed by atoms with Gasteiger partial charge in [-0.3, -0.25) is 0 Å². The number of halogens is 3. The third kappa shape index (κ3) is 2.47. The number of alkyl halides is 3. The van der Waals surface area contributed by atoms with E-state index < -0.39 is 17.2 Å². The van der Waals surface area contributed by atoms with E-state index in [1.165, 1.54) is 18.2 Å². The molecule has 0 fully saturated rings. The summed E-state index contributed by atoms with van der Waals surface area (Å²) in [6, 6.07) is 4.24. The third-order valence-corrected chi connectivity index (χ3v) is 3.76. The number of imidazole rings is 1. The average Bonchev–Trinajstić information content (AvgIpc) is 3.03. The van der Waals surface area contributed by atoms with E-state index in [0.29, 0.717) is 22.4 Å². The summed E-state index contributed by atoms with van der Waals surface area (Å²) in [6.07, 6.45) is -3.41. The minimum Gasteiger partial charge on any atom is -0.478 e. The molecule has 0 unspecified atom stereocenters. The summed E-state index contributed by atoms with van der Waals surface area (Å²) in [5.41, 5.74) is 0.974. The molecule has 0 saturated carbocycles. The summed E-state index contributed by atoms with van der Waals surface area (Å²) in [6.45, 7) is 0. The van der Waals surface area contributed by atoms with Crippen molar-refractivity contribution in [2.75, 3.05) is 0 Å². The molecule has 0 spiro atoms. The Hall–Kier alpha value is -2.42. The number of carbonyl (C=O) groups is 1. The second kappa shape index (κ2) is 4.55. The van der Waals surface area contributed by atoms with Crippen molar-refractivity contribution in [2.45, 2.75) is 6.18 Å². The number of hydrogen-bond donors (Lipinski definition) is 2. The van der Waals surface area contributed by atoms with Crippen LogP contribution in [0, 0.1) is 0 Å². The van der Waals surface area contributed by atoms with Crippen LogP contribution in [0.25, 0.3) is 21.7 Å². The number of aromatic nitrogens is 3. The van der Waals surface area contributed by atoms with Crippen LogP contribution in [0.5, 0.6) is 0 Å². The Balaban J connectivity index is 2.05. The first-order valence-electron chi connectivity index (χ1n) is 5.61. The van der Waals surface area contributed by atoms with E-state index in [9.17, 15) is 18.0 Å². The summed E-state index contributed by atoms with van der Waals surface area (Å²) in [4.78, 5) is 21.4. The maximum Gasteiger partial charge on any atom is 0.443 e. The highest BCUT2D eigenvalue weighted by atomic mass is 32.1. The molecule has 0 aliphatic rings. The number of nitrogens with zero attached hydrogens (tertiary/aromatic N) is 2. The molecule has 2 heterocycles. The van der Waals surface area contributed by atoms with E-state index in [4.69, 9.17) is 5.11 Å². The number of fused-ring (bicyclic) bond motifs is 1. The minimum atomic E-state index is -4.49. The maximum atomic E-state index is 12.5. The van der Waals surface area contributed by atoms with Crippen LogP contribution in [0.2, 0.25) is 0 Å². The zero-order valence-electron chi connectivity index (χ0n) is 10.1. The molecule has 3 rings (SSSR count). The molecule has 0 aliphatic heterocycles. The van der Waals surface area contributed by atoms with Crippen molar-refractivity contribution in [1.29, 1.82) is 0 Å². The normalized spacial score (nSPS) is 12.0. The van der Waals surface area contributed by atoms with Crippen molar-refractivity contribution in [3.63, 3.8) is 0 Å². The number of nitrogens with one attached hydrogen (secondary N) is 1. The molecule has 0 amide bonds. The van der Waals surface area contributed by atoms with Crippen molar-refractivity contribution in [1.82, 2.24) is 15.0 Å². The van der Waals surface area contributed by atoms with Crippen LogP contribution in [0.1, 0.15) is 15.4 Å². The molecule has 3 aromatic rings. The van der Waals surface area contributed by atoms with Gasteiger partial charge in [0.05, 0.1) is 21.5 Å². The fourth-order valence-corrected chi connectivity index (χ4v) is 2.50. The third-order valence-electron chi connectivity index (χ3n) is 2.71. The van der Waals surface area contributed by atoms with E-state index in [1.807, 2.05) is 0 Å². The summed E-state index contributed by atoms with van der Waals surface area (Å²) in [5, 5.41) is 7.94. The predicted octanol–water partition coefficient (Wildman–Crippen LogP) is 3.40. The van der Waals surface area contributed by atoms with E-state index in [-0.39, 0.29) is 16.3 Å². The van der Waals surface area contributed by atoms with Gasteiger partial charge in [0, 0.05) is 6.20 Å². The first-order valence-corrected chi connectivity index (χ1v) is 6.43. The highest BCUT2D eigenvalue weighted by Gasteiger charge is 2.34. The topological polar surface area (TPSA) is 78.9 Å². The van der Waals surface area contributed by atoms with Gasteiger partial charge in [-0.2, -0.15) is 13.2 Å². The number of carboxylic acid groups (broad SMARTS) is 1. The van der Waals surface area contributed by atoms with Crippen LogP contribution in [-0.2, 0) is 6.18 Å². The smallest absolute Gasteiger partial charge is 0.443 e. The summed E-state index contributed by atoms with van der Waals surface area (Å²) in [7, 11) is 0. The van der Waals surface area contributed by atoms with Crippen LogP contribution in [-0.4, -0.2) is 26.0 Å². The van der Waals surface area contributed by atoms with Gasteiger partial charge < -0.3 is 10.1 Å². The minimum absolute atomic E-state index is 0.0676. The Morgan fingerprint density at radius 2 is 2.10 bits per heavy atom. The lowest BCUT2D eigenvalue weighted by atomic mass is 10.2. The zero-order valence-corrected chi connectivity index (χ0v) is 10.9. The fraction of sp³-hybridized carbons (Fsp3) is 0.0833. The number of rotatable bonds is 2. The van der Waals surface area contributed by atoms with Crippen molar-refractivity contribution in [3.05, 3.63) is 35.0 Å². The monoisotopic (exact) mass is 313 g/mol. The Morgan fingerprint density at radius 3 is 2.71 bits per heavy atom. The van der Waals surface area contributed by atoms with Crippen LogP contribution in [0.4, 0.5) is 13.2 Å². The lowest BCUT2D eigenvalue weighted by molar-refractivity contribution is -0.137. The zero-order chi connectivity index (χ0) is 15.2. The van der Waals surface area contributed by atoms with E-state index in [0.717, 1.165) is 6.20 Å². The number of carboxylic acids is 1. The van der Waals surface area contributed by atoms with Gasteiger partial charge in [0.15, 0.2) is 5.01 Å². The molecule has 0 radical (unpaired) electrons. The second-order valence-electron chi connectivity index (χ2n) is 4.15. The van der Waals surface area contributed by atoms with Gasteiger partial charge in [-0.25, -0.2) is 14.8 Å². The number of aromatic amines is 1. The first-order chi connectivity index (χ1) is 9.84. The first kappa shape index (κ1) is 13.6. The molecule has 0 atom stereocenters. The molecule has 2 aromatic heterocycles. The molecular weight excluding hydrogens is 307 g/mol. The maximum absolute atomic E-state index is 12.5. The number of benzene rings is 1. The highest BCUT2D eigenvalue weighted by molar-refractivity contribution is 7.15. The van der Waals surface area contributed by atoms with Gasteiger partial charge in [0.25, 0.3) is 0 Å². The Bertz CT molecular complexity index is 838. The molecule has 1 aromatic carbocycles. The predicted molar refractivity (Wildman–Crippen MR) is 69.2 cm³/mol. The number of aromatic carboxylic acids is 1. The summed E-state index contributed by atoms with van der Waals surface area (Å²) >= 11 is 0.472. The summed E-state index contributed by atoms with van der Waals surface area (Å²) < 4.78 is 37.5. The summed E-state index contributed by atoms with van der Waals surface area (Å²) in [5.74, 6) is -0.870. The molecule has 0 saturated heterocycles. The lowest BCUT2D eigenvalue weighted by Gasteiger charge is -1.98. The van der Waals surface area contributed by atoms with Crippen molar-refractivity contribution in [2.24, 2.45) is 0 Å².